The SMILES string of the molecule is CCOC(=O)c1c(NC(=S)NCCCn2nc(C)c(Cl)c2C)sc2c1CCCCCC2. The van der Waals surface area contributed by atoms with E-state index in [1.807, 2.05) is 25.5 Å². The predicted octanol–water partition coefficient (Wildman–Crippen LogP) is 5.43. The topological polar surface area (TPSA) is 68.2 Å². The fourth-order valence-corrected chi connectivity index (χ4v) is 5.58. The molecule has 1 aliphatic rings. The normalized spacial score (nSPS) is 13.8. The van der Waals surface area contributed by atoms with Crippen molar-refractivity contribution in [1.29, 1.82) is 0 Å². The molecule has 0 aromatic carbocycles. The highest BCUT2D eigenvalue weighted by atomic mass is 35.5. The Bertz CT molecular complexity index is 939. The van der Waals surface area contributed by atoms with Gasteiger partial charge in [-0.05, 0) is 70.7 Å². The Kier molecular flexibility index (Phi) is 8.75. The number of esters is 1. The third-order valence-corrected chi connectivity index (χ3v) is 7.50. The minimum Gasteiger partial charge on any atom is -0.462 e. The van der Waals surface area contributed by atoms with Gasteiger partial charge in [0, 0.05) is 18.0 Å². The van der Waals surface area contributed by atoms with Crippen molar-refractivity contribution in [1.82, 2.24) is 15.1 Å². The van der Waals surface area contributed by atoms with E-state index in [1.165, 1.54) is 17.7 Å². The number of halogens is 1. The van der Waals surface area contributed by atoms with E-state index in [2.05, 4.69) is 15.7 Å². The van der Waals surface area contributed by atoms with Crippen LogP contribution >= 0.6 is 35.2 Å². The molecule has 2 heterocycles. The van der Waals surface area contributed by atoms with Crippen molar-refractivity contribution in [2.24, 2.45) is 0 Å². The van der Waals surface area contributed by atoms with Gasteiger partial charge in [-0.3, -0.25) is 4.68 Å². The molecule has 6 nitrogen and oxygen atoms in total. The average molecular weight is 483 g/mol. The molecule has 0 saturated heterocycles. The van der Waals surface area contributed by atoms with Crippen molar-refractivity contribution >= 4 is 51.2 Å². The van der Waals surface area contributed by atoms with Gasteiger partial charge in [0.25, 0.3) is 0 Å². The summed E-state index contributed by atoms with van der Waals surface area (Å²) >= 11 is 13.4. The van der Waals surface area contributed by atoms with Gasteiger partial charge in [-0.25, -0.2) is 4.79 Å². The van der Waals surface area contributed by atoms with Gasteiger partial charge in [0.2, 0.25) is 0 Å². The molecule has 0 radical (unpaired) electrons. The number of thiophene rings is 1. The van der Waals surface area contributed by atoms with Gasteiger partial charge < -0.3 is 15.4 Å². The van der Waals surface area contributed by atoms with Gasteiger partial charge >= 0.3 is 5.97 Å². The Morgan fingerprint density at radius 1 is 1.26 bits per heavy atom. The number of carbonyl (C=O) groups is 1. The number of hydrogen-bond donors (Lipinski definition) is 2. The lowest BCUT2D eigenvalue weighted by molar-refractivity contribution is 0.0526. The molecule has 0 saturated carbocycles. The Hall–Kier alpha value is -1.64. The van der Waals surface area contributed by atoms with Crippen LogP contribution in [0.4, 0.5) is 5.00 Å². The fraction of sp³-hybridized carbons (Fsp3) is 0.591. The number of hydrogen-bond acceptors (Lipinski definition) is 5. The van der Waals surface area contributed by atoms with Crippen LogP contribution in [0.3, 0.4) is 0 Å². The van der Waals surface area contributed by atoms with E-state index < -0.39 is 0 Å². The number of aryl methyl sites for hydroxylation is 3. The van der Waals surface area contributed by atoms with E-state index in [0.717, 1.165) is 65.6 Å². The summed E-state index contributed by atoms with van der Waals surface area (Å²) in [6.07, 6.45) is 7.51. The minimum absolute atomic E-state index is 0.257. The molecule has 2 aromatic heterocycles. The third kappa shape index (κ3) is 5.99. The standard InChI is InChI=1S/C22H31ClN4O2S2/c1-4-29-21(28)18-16-10-7-5-6-8-11-17(16)31-20(18)25-22(30)24-12-9-13-27-15(3)19(23)14(2)26-27/h4-13H2,1-3H3,(H2,24,25,30). The van der Waals surface area contributed by atoms with Crippen LogP contribution in [-0.4, -0.2) is 34.0 Å². The second-order valence-corrected chi connectivity index (χ2v) is 9.68. The van der Waals surface area contributed by atoms with E-state index in [1.54, 1.807) is 11.3 Å². The van der Waals surface area contributed by atoms with Crippen LogP contribution in [0.1, 0.15) is 71.2 Å². The van der Waals surface area contributed by atoms with Gasteiger partial charge in [-0.15, -0.1) is 11.3 Å². The monoisotopic (exact) mass is 482 g/mol. The molecular formula is C22H31ClN4O2S2. The van der Waals surface area contributed by atoms with Crippen molar-refractivity contribution in [3.05, 3.63) is 32.4 Å². The Morgan fingerprint density at radius 3 is 2.68 bits per heavy atom. The first-order chi connectivity index (χ1) is 14.9. The molecule has 0 unspecified atom stereocenters. The number of nitrogens with zero attached hydrogens (tertiary/aromatic N) is 2. The second-order valence-electron chi connectivity index (χ2n) is 7.78. The summed E-state index contributed by atoms with van der Waals surface area (Å²) in [5.74, 6) is -0.257. The lowest BCUT2D eigenvalue weighted by Crippen LogP contribution is -2.30. The van der Waals surface area contributed by atoms with Crippen LogP contribution in [0.15, 0.2) is 0 Å². The molecule has 2 aromatic rings. The largest absolute Gasteiger partial charge is 0.462 e. The van der Waals surface area contributed by atoms with Crippen LogP contribution in [0.5, 0.6) is 0 Å². The van der Waals surface area contributed by atoms with Crippen LogP contribution in [0.2, 0.25) is 5.02 Å². The van der Waals surface area contributed by atoms with Crippen molar-refractivity contribution in [2.45, 2.75) is 72.3 Å². The summed E-state index contributed by atoms with van der Waals surface area (Å²) in [6.45, 7) is 7.54. The zero-order valence-corrected chi connectivity index (χ0v) is 20.9. The van der Waals surface area contributed by atoms with Crippen molar-refractivity contribution in [3.63, 3.8) is 0 Å². The summed E-state index contributed by atoms with van der Waals surface area (Å²) in [7, 11) is 0. The van der Waals surface area contributed by atoms with E-state index in [0.29, 0.717) is 23.8 Å². The maximum atomic E-state index is 12.7. The van der Waals surface area contributed by atoms with Gasteiger partial charge in [0.15, 0.2) is 5.11 Å². The molecule has 2 N–H and O–H groups in total. The first-order valence-corrected chi connectivity index (χ1v) is 12.6. The van der Waals surface area contributed by atoms with Gasteiger partial charge in [0.05, 0.1) is 28.6 Å². The summed E-state index contributed by atoms with van der Waals surface area (Å²) in [6, 6.07) is 0. The summed E-state index contributed by atoms with van der Waals surface area (Å²) in [5, 5.41) is 13.0. The van der Waals surface area contributed by atoms with Gasteiger partial charge in [-0.1, -0.05) is 24.4 Å². The maximum Gasteiger partial charge on any atom is 0.341 e. The number of thiocarbonyl (C=S) groups is 1. The molecular weight excluding hydrogens is 452 g/mol. The smallest absolute Gasteiger partial charge is 0.341 e. The predicted molar refractivity (Wildman–Crippen MR) is 132 cm³/mol. The fourth-order valence-electron chi connectivity index (χ4n) is 3.90. The Labute approximate surface area is 198 Å². The zero-order valence-electron chi connectivity index (χ0n) is 18.5. The maximum absolute atomic E-state index is 12.7. The lowest BCUT2D eigenvalue weighted by Gasteiger charge is -2.13. The Balaban J connectivity index is 1.62. The third-order valence-electron chi connectivity index (χ3n) is 5.50. The number of rotatable bonds is 7. The lowest BCUT2D eigenvalue weighted by atomic mass is 9.96. The van der Waals surface area contributed by atoms with E-state index in [-0.39, 0.29) is 5.97 Å². The molecule has 0 amide bonds. The number of aromatic nitrogens is 2. The molecule has 0 spiro atoms. The van der Waals surface area contributed by atoms with E-state index in [9.17, 15) is 4.79 Å². The van der Waals surface area contributed by atoms with Crippen molar-refractivity contribution < 1.29 is 9.53 Å². The van der Waals surface area contributed by atoms with Crippen molar-refractivity contribution in [3.8, 4) is 0 Å². The number of anilines is 1. The van der Waals surface area contributed by atoms with Crippen LogP contribution in [0, 0.1) is 13.8 Å². The summed E-state index contributed by atoms with van der Waals surface area (Å²) in [5.41, 5.74) is 3.65. The van der Waals surface area contributed by atoms with Gasteiger partial charge in [0.1, 0.15) is 5.00 Å². The molecule has 0 atom stereocenters. The molecule has 170 valence electrons. The highest BCUT2D eigenvalue weighted by Crippen LogP contribution is 2.37. The minimum atomic E-state index is -0.257. The molecule has 0 fully saturated rings. The molecule has 1 aliphatic carbocycles. The summed E-state index contributed by atoms with van der Waals surface area (Å²) < 4.78 is 7.29. The van der Waals surface area contributed by atoms with E-state index >= 15 is 0 Å². The molecule has 31 heavy (non-hydrogen) atoms. The van der Waals surface area contributed by atoms with Gasteiger partial charge in [-0.2, -0.15) is 5.10 Å². The summed E-state index contributed by atoms with van der Waals surface area (Å²) in [4.78, 5) is 14.0. The Morgan fingerprint density at radius 2 is 2.00 bits per heavy atom. The zero-order chi connectivity index (χ0) is 22.4. The van der Waals surface area contributed by atoms with Crippen LogP contribution in [0.25, 0.3) is 0 Å². The van der Waals surface area contributed by atoms with E-state index in [4.69, 9.17) is 28.6 Å². The molecule has 0 aliphatic heterocycles. The number of carbonyl (C=O) groups excluding carboxylic acids is 1. The van der Waals surface area contributed by atoms with Crippen molar-refractivity contribution in [2.75, 3.05) is 18.5 Å². The molecule has 3 rings (SSSR count). The van der Waals surface area contributed by atoms with Crippen LogP contribution in [-0.2, 0) is 24.1 Å². The first-order valence-electron chi connectivity index (χ1n) is 11.0. The molecule has 9 heteroatoms. The second kappa shape index (κ2) is 11.3. The quantitative estimate of drug-likeness (QED) is 0.311. The number of fused-ring (bicyclic) bond motifs is 1. The highest BCUT2D eigenvalue weighted by molar-refractivity contribution is 7.80. The molecule has 0 bridgehead atoms. The van der Waals surface area contributed by atoms with Crippen LogP contribution < -0.4 is 10.6 Å². The average Bonchev–Trinajstić information content (AvgIpc) is 3.16. The highest BCUT2D eigenvalue weighted by Gasteiger charge is 2.25. The number of nitrogens with one attached hydrogen (secondary N) is 2. The first kappa shape index (κ1) is 24.0. The number of ether oxygens (including phenoxy) is 1.